The summed E-state index contributed by atoms with van der Waals surface area (Å²) in [5.41, 5.74) is 0.235. The zero-order chi connectivity index (χ0) is 14.7. The Hall–Kier alpha value is -2.97. The molecule has 1 heterocycles. The summed E-state index contributed by atoms with van der Waals surface area (Å²) in [5, 5.41) is 23.3. The van der Waals surface area contributed by atoms with E-state index in [1.54, 1.807) is 6.92 Å². The first kappa shape index (κ1) is 13.5. The summed E-state index contributed by atoms with van der Waals surface area (Å²) >= 11 is 0. The van der Waals surface area contributed by atoms with Crippen LogP contribution in [0.3, 0.4) is 0 Å². The summed E-state index contributed by atoms with van der Waals surface area (Å²) in [6.45, 7) is 1.65. The van der Waals surface area contributed by atoms with Crippen molar-refractivity contribution in [2.24, 2.45) is 10.2 Å². The van der Waals surface area contributed by atoms with Gasteiger partial charge in [0.15, 0.2) is 5.69 Å². The second-order valence-electron chi connectivity index (χ2n) is 3.87. The molecular formula is C11H11N5O4. The Bertz CT molecular complexity index is 731. The van der Waals surface area contributed by atoms with Crippen LogP contribution in [0.2, 0.25) is 0 Å². The number of non-ortho nitro benzene ring substituents is 1. The molecule has 9 heteroatoms. The third-order valence-corrected chi connectivity index (χ3v) is 2.56. The van der Waals surface area contributed by atoms with Crippen molar-refractivity contribution in [3.8, 4) is 5.75 Å². The Balaban J connectivity index is 2.44. The van der Waals surface area contributed by atoms with Crippen LogP contribution >= 0.6 is 0 Å². The molecule has 0 fully saturated rings. The van der Waals surface area contributed by atoms with Gasteiger partial charge in [-0.3, -0.25) is 20.0 Å². The van der Waals surface area contributed by atoms with Gasteiger partial charge in [-0.25, -0.2) is 0 Å². The number of nitro groups is 1. The lowest BCUT2D eigenvalue weighted by molar-refractivity contribution is -0.384. The van der Waals surface area contributed by atoms with Gasteiger partial charge >= 0.3 is 0 Å². The lowest BCUT2D eigenvalue weighted by Gasteiger charge is -2.02. The zero-order valence-corrected chi connectivity index (χ0v) is 10.7. The molecule has 0 aliphatic carbocycles. The minimum absolute atomic E-state index is 0.110. The van der Waals surface area contributed by atoms with Crippen LogP contribution in [-0.2, 0) is 0 Å². The van der Waals surface area contributed by atoms with E-state index in [2.05, 4.69) is 20.4 Å². The number of aromatic nitrogens is 2. The molecule has 2 aromatic rings. The topological polar surface area (TPSA) is 126 Å². The maximum Gasteiger partial charge on any atom is 0.291 e. The fourth-order valence-corrected chi connectivity index (χ4v) is 1.53. The Morgan fingerprint density at radius 3 is 2.60 bits per heavy atom. The highest BCUT2D eigenvalue weighted by atomic mass is 16.6. The van der Waals surface area contributed by atoms with E-state index < -0.39 is 10.5 Å². The lowest BCUT2D eigenvalue weighted by atomic mass is 10.2. The fourth-order valence-electron chi connectivity index (χ4n) is 1.53. The number of nitrogens with zero attached hydrogens (tertiary/aromatic N) is 3. The second-order valence-corrected chi connectivity index (χ2v) is 3.87. The van der Waals surface area contributed by atoms with Gasteiger partial charge in [-0.1, -0.05) is 0 Å². The van der Waals surface area contributed by atoms with E-state index in [-0.39, 0.29) is 17.1 Å². The molecule has 0 radical (unpaired) electrons. The molecule has 0 aliphatic rings. The van der Waals surface area contributed by atoms with Gasteiger partial charge in [0.05, 0.1) is 17.7 Å². The molecule has 0 atom stereocenters. The van der Waals surface area contributed by atoms with Gasteiger partial charge in [-0.15, -0.1) is 10.2 Å². The highest BCUT2D eigenvalue weighted by Gasteiger charge is 2.12. The standard InChI is InChI=1S/C11H11N5O4/c1-6-10(11(17)15-12-6)14-13-8-5-7(16(18)19)3-4-9(8)20-2/h3-5H,1-2H3,(H2,12,15,17). The number of H-pyrrole nitrogens is 2. The van der Waals surface area contributed by atoms with Gasteiger partial charge < -0.3 is 9.84 Å². The summed E-state index contributed by atoms with van der Waals surface area (Å²) in [7, 11) is 1.41. The number of nitrogens with one attached hydrogen (secondary N) is 2. The number of hydrogen-bond acceptors (Lipinski definition) is 6. The average Bonchev–Trinajstić information content (AvgIpc) is 2.75. The van der Waals surface area contributed by atoms with Crippen LogP contribution in [0.15, 0.2) is 33.2 Å². The van der Waals surface area contributed by atoms with Gasteiger partial charge in [0.2, 0.25) is 0 Å². The zero-order valence-electron chi connectivity index (χ0n) is 10.7. The average molecular weight is 277 g/mol. The minimum Gasteiger partial charge on any atom is -0.494 e. The number of aromatic amines is 2. The third-order valence-electron chi connectivity index (χ3n) is 2.56. The van der Waals surface area contributed by atoms with Crippen molar-refractivity contribution in [3.63, 3.8) is 0 Å². The van der Waals surface area contributed by atoms with E-state index in [0.29, 0.717) is 11.4 Å². The van der Waals surface area contributed by atoms with Crippen molar-refractivity contribution in [3.05, 3.63) is 44.4 Å². The van der Waals surface area contributed by atoms with Crippen molar-refractivity contribution in [1.82, 2.24) is 10.2 Å². The van der Waals surface area contributed by atoms with Gasteiger partial charge in [-0.05, 0) is 13.0 Å². The molecule has 2 N–H and O–H groups in total. The number of nitro benzene ring substituents is 1. The van der Waals surface area contributed by atoms with Crippen molar-refractivity contribution < 1.29 is 9.66 Å². The molecule has 20 heavy (non-hydrogen) atoms. The number of ether oxygens (including phenoxy) is 1. The number of methoxy groups -OCH3 is 1. The molecule has 0 spiro atoms. The predicted molar refractivity (Wildman–Crippen MR) is 70.0 cm³/mol. The first-order chi connectivity index (χ1) is 9.52. The number of aryl methyl sites for hydroxylation is 1. The summed E-state index contributed by atoms with van der Waals surface area (Å²) in [6.07, 6.45) is 0. The highest BCUT2D eigenvalue weighted by Crippen LogP contribution is 2.32. The fraction of sp³-hybridized carbons (Fsp3) is 0.182. The third kappa shape index (κ3) is 2.55. The molecule has 104 valence electrons. The highest BCUT2D eigenvalue weighted by molar-refractivity contribution is 5.57. The largest absolute Gasteiger partial charge is 0.494 e. The van der Waals surface area contributed by atoms with E-state index in [9.17, 15) is 14.9 Å². The lowest BCUT2D eigenvalue weighted by Crippen LogP contribution is -1.96. The number of azo groups is 1. The van der Waals surface area contributed by atoms with Gasteiger partial charge in [0, 0.05) is 12.1 Å². The summed E-state index contributed by atoms with van der Waals surface area (Å²) in [5.74, 6) is 0.323. The van der Waals surface area contributed by atoms with Gasteiger partial charge in [0.25, 0.3) is 11.2 Å². The summed E-state index contributed by atoms with van der Waals surface area (Å²) < 4.78 is 5.04. The van der Waals surface area contributed by atoms with Crippen molar-refractivity contribution in [2.75, 3.05) is 7.11 Å². The normalized spacial score (nSPS) is 10.9. The monoisotopic (exact) mass is 277 g/mol. The Morgan fingerprint density at radius 1 is 1.30 bits per heavy atom. The maximum absolute atomic E-state index is 11.4. The Morgan fingerprint density at radius 2 is 2.05 bits per heavy atom. The van der Waals surface area contributed by atoms with Crippen LogP contribution in [0.25, 0.3) is 0 Å². The molecule has 2 rings (SSSR count). The molecular weight excluding hydrogens is 266 g/mol. The number of rotatable bonds is 4. The first-order valence-electron chi connectivity index (χ1n) is 5.54. The van der Waals surface area contributed by atoms with Crippen LogP contribution in [-0.4, -0.2) is 22.2 Å². The van der Waals surface area contributed by atoms with E-state index in [4.69, 9.17) is 4.74 Å². The first-order valence-corrected chi connectivity index (χ1v) is 5.54. The Labute approximate surface area is 112 Å². The van der Waals surface area contributed by atoms with Crippen LogP contribution in [0.5, 0.6) is 5.75 Å². The maximum atomic E-state index is 11.4. The van der Waals surface area contributed by atoms with Crippen molar-refractivity contribution in [2.45, 2.75) is 6.92 Å². The minimum atomic E-state index is -0.549. The van der Waals surface area contributed by atoms with Crippen LogP contribution in [0.4, 0.5) is 17.1 Å². The molecule has 1 aromatic heterocycles. The van der Waals surface area contributed by atoms with Gasteiger partial charge in [-0.2, -0.15) is 0 Å². The SMILES string of the molecule is COc1ccc([N+](=O)[O-])cc1N=Nc1c(C)[nH][nH]c1=O. The summed E-state index contributed by atoms with van der Waals surface area (Å²) in [4.78, 5) is 21.6. The van der Waals surface area contributed by atoms with Gasteiger partial charge in [0.1, 0.15) is 11.4 Å². The van der Waals surface area contributed by atoms with E-state index in [0.717, 1.165) is 0 Å². The molecule has 0 aliphatic heterocycles. The quantitative estimate of drug-likeness (QED) is 0.505. The van der Waals surface area contributed by atoms with E-state index >= 15 is 0 Å². The smallest absolute Gasteiger partial charge is 0.291 e. The molecule has 9 nitrogen and oxygen atoms in total. The molecule has 0 unspecified atom stereocenters. The Kier molecular flexibility index (Phi) is 3.60. The molecule has 0 bridgehead atoms. The molecule has 0 saturated heterocycles. The number of benzene rings is 1. The van der Waals surface area contributed by atoms with E-state index in [1.165, 1.54) is 25.3 Å². The van der Waals surface area contributed by atoms with Crippen molar-refractivity contribution in [1.29, 1.82) is 0 Å². The second kappa shape index (κ2) is 5.34. The van der Waals surface area contributed by atoms with Crippen molar-refractivity contribution >= 4 is 17.1 Å². The van der Waals surface area contributed by atoms with Crippen LogP contribution in [0, 0.1) is 17.0 Å². The molecule has 0 amide bonds. The number of hydrogen-bond donors (Lipinski definition) is 2. The predicted octanol–water partition coefficient (Wildman–Crippen LogP) is 2.34. The van der Waals surface area contributed by atoms with Crippen LogP contribution in [0.1, 0.15) is 5.69 Å². The molecule has 0 saturated carbocycles. The molecule has 1 aromatic carbocycles. The van der Waals surface area contributed by atoms with Crippen LogP contribution < -0.4 is 10.3 Å². The summed E-state index contributed by atoms with van der Waals surface area (Å²) in [6, 6.07) is 3.94. The van der Waals surface area contributed by atoms with E-state index in [1.807, 2.05) is 0 Å².